The van der Waals surface area contributed by atoms with Gasteiger partial charge in [0.15, 0.2) is 0 Å². The molecule has 5 nitrogen and oxygen atoms in total. The summed E-state index contributed by atoms with van der Waals surface area (Å²) in [5, 5.41) is 24.1. The number of likely N-dealkylation sites (tertiary alicyclic amines) is 1. The highest BCUT2D eigenvalue weighted by molar-refractivity contribution is 5.85. The number of nitrogens with one attached hydrogen (secondary N) is 1. The van der Waals surface area contributed by atoms with E-state index in [0.717, 1.165) is 71.0 Å². The molecule has 5 heteroatoms. The van der Waals surface area contributed by atoms with Crippen molar-refractivity contribution in [2.75, 3.05) is 19.6 Å². The average Bonchev–Trinajstić information content (AvgIpc) is 2.98. The van der Waals surface area contributed by atoms with Gasteiger partial charge in [-0.05, 0) is 51.4 Å². The van der Waals surface area contributed by atoms with Crippen LogP contribution in [-0.4, -0.2) is 57.9 Å². The molecular formula is C18H32N2O3. The predicted octanol–water partition coefficient (Wildman–Crippen LogP) is 1.57. The van der Waals surface area contributed by atoms with Gasteiger partial charge in [-0.25, -0.2) is 0 Å². The molecule has 1 amide bonds. The second-order valence-corrected chi connectivity index (χ2v) is 8.05. The first-order valence-corrected chi connectivity index (χ1v) is 9.47. The van der Waals surface area contributed by atoms with E-state index in [1.807, 2.05) is 0 Å². The van der Waals surface area contributed by atoms with Gasteiger partial charge in [0.25, 0.3) is 5.91 Å². The van der Waals surface area contributed by atoms with Crippen molar-refractivity contribution >= 4 is 5.91 Å². The van der Waals surface area contributed by atoms with Crippen molar-refractivity contribution in [3.05, 3.63) is 0 Å². The number of carbonyl (C=O) groups is 1. The van der Waals surface area contributed by atoms with E-state index in [1.165, 1.54) is 6.42 Å². The third-order valence-corrected chi connectivity index (χ3v) is 6.08. The zero-order chi connectivity index (χ0) is 16.3. The highest BCUT2D eigenvalue weighted by Gasteiger charge is 2.40. The Kier molecular flexibility index (Phi) is 5.29. The smallest absolute Gasteiger partial charge is 0.252 e. The molecule has 0 aromatic heterocycles. The summed E-state index contributed by atoms with van der Waals surface area (Å²) in [6.45, 7) is 2.62. The summed E-state index contributed by atoms with van der Waals surface area (Å²) in [6, 6.07) is 0.171. The van der Waals surface area contributed by atoms with Crippen LogP contribution in [0.2, 0.25) is 0 Å². The summed E-state index contributed by atoms with van der Waals surface area (Å²) < 4.78 is 0. The fourth-order valence-corrected chi connectivity index (χ4v) is 4.53. The van der Waals surface area contributed by atoms with Crippen LogP contribution in [0.4, 0.5) is 0 Å². The lowest BCUT2D eigenvalue weighted by atomic mass is 9.84. The summed E-state index contributed by atoms with van der Waals surface area (Å²) in [5.41, 5.74) is -1.61. The number of rotatable bonds is 4. The minimum absolute atomic E-state index is 0.167. The molecule has 1 aliphatic heterocycles. The van der Waals surface area contributed by atoms with Crippen LogP contribution in [0.25, 0.3) is 0 Å². The summed E-state index contributed by atoms with van der Waals surface area (Å²) in [4.78, 5) is 14.6. The fraction of sp³-hybridized carbons (Fsp3) is 0.944. The number of hydrogen-bond donors (Lipinski definition) is 3. The Bertz CT molecular complexity index is 406. The van der Waals surface area contributed by atoms with Gasteiger partial charge in [0.2, 0.25) is 0 Å². The van der Waals surface area contributed by atoms with Crippen molar-refractivity contribution in [2.24, 2.45) is 0 Å². The molecule has 2 aliphatic carbocycles. The normalized spacial score (nSPS) is 28.6. The molecule has 2 saturated carbocycles. The Balaban J connectivity index is 1.42. The van der Waals surface area contributed by atoms with Crippen molar-refractivity contribution < 1.29 is 15.0 Å². The molecule has 0 radical (unpaired) electrons. The van der Waals surface area contributed by atoms with Crippen molar-refractivity contribution in [1.29, 1.82) is 0 Å². The molecule has 3 fully saturated rings. The van der Waals surface area contributed by atoms with Gasteiger partial charge < -0.3 is 20.4 Å². The second-order valence-electron chi connectivity index (χ2n) is 8.05. The van der Waals surface area contributed by atoms with E-state index in [1.54, 1.807) is 0 Å². The van der Waals surface area contributed by atoms with E-state index in [2.05, 4.69) is 10.2 Å². The molecule has 1 saturated heterocycles. The maximum absolute atomic E-state index is 12.3. The number of nitrogens with zero attached hydrogens (tertiary/aromatic N) is 1. The number of amides is 1. The highest BCUT2D eigenvalue weighted by atomic mass is 16.3. The van der Waals surface area contributed by atoms with Crippen molar-refractivity contribution in [3.8, 4) is 0 Å². The van der Waals surface area contributed by atoms with Crippen LogP contribution >= 0.6 is 0 Å². The molecule has 3 rings (SSSR count). The molecule has 3 N–H and O–H groups in total. The van der Waals surface area contributed by atoms with Crippen LogP contribution in [0.15, 0.2) is 0 Å². The first kappa shape index (κ1) is 17.2. The molecule has 23 heavy (non-hydrogen) atoms. The van der Waals surface area contributed by atoms with Gasteiger partial charge in [-0.3, -0.25) is 4.79 Å². The van der Waals surface area contributed by atoms with E-state index in [9.17, 15) is 15.0 Å². The summed E-state index contributed by atoms with van der Waals surface area (Å²) in [6.07, 6.45) is 10.3. The first-order chi connectivity index (χ1) is 11.0. The molecule has 132 valence electrons. The maximum Gasteiger partial charge on any atom is 0.252 e. The largest absolute Gasteiger partial charge is 0.389 e. The van der Waals surface area contributed by atoms with Gasteiger partial charge >= 0.3 is 0 Å². The third kappa shape index (κ3) is 4.25. The number of piperidine rings is 1. The lowest BCUT2D eigenvalue weighted by Gasteiger charge is -2.40. The Hall–Kier alpha value is -0.650. The zero-order valence-electron chi connectivity index (χ0n) is 14.2. The molecule has 0 bridgehead atoms. The van der Waals surface area contributed by atoms with E-state index in [0.29, 0.717) is 12.8 Å². The Morgan fingerprint density at radius 1 is 0.957 bits per heavy atom. The molecule has 0 aromatic rings. The van der Waals surface area contributed by atoms with Gasteiger partial charge in [-0.15, -0.1) is 0 Å². The number of hydrogen-bond acceptors (Lipinski definition) is 4. The van der Waals surface area contributed by atoms with Crippen LogP contribution in [0.1, 0.15) is 70.6 Å². The number of aliphatic hydroxyl groups is 2. The van der Waals surface area contributed by atoms with Gasteiger partial charge in [0.05, 0.1) is 5.60 Å². The lowest BCUT2D eigenvalue weighted by Crippen LogP contribution is -2.53. The molecule has 3 aliphatic rings. The van der Waals surface area contributed by atoms with Crippen LogP contribution in [-0.2, 0) is 4.79 Å². The summed E-state index contributed by atoms with van der Waals surface area (Å²) in [5.74, 6) is -0.167. The topological polar surface area (TPSA) is 72.8 Å². The zero-order valence-corrected chi connectivity index (χ0v) is 14.2. The van der Waals surface area contributed by atoms with Crippen molar-refractivity contribution in [2.45, 2.75) is 87.9 Å². The van der Waals surface area contributed by atoms with E-state index in [4.69, 9.17) is 0 Å². The van der Waals surface area contributed by atoms with Crippen LogP contribution in [0.5, 0.6) is 0 Å². The number of β-amino-alcohol motifs (C(OH)–C–C–N with tert-alkyl or cyclic N) is 1. The summed E-state index contributed by atoms with van der Waals surface area (Å²) >= 11 is 0. The Morgan fingerprint density at radius 2 is 1.52 bits per heavy atom. The van der Waals surface area contributed by atoms with Crippen LogP contribution < -0.4 is 5.32 Å². The molecular weight excluding hydrogens is 292 g/mol. The van der Waals surface area contributed by atoms with Crippen LogP contribution in [0, 0.1) is 0 Å². The number of carbonyl (C=O) groups excluding carboxylic acids is 1. The van der Waals surface area contributed by atoms with Crippen LogP contribution in [0.3, 0.4) is 0 Å². The molecule has 0 unspecified atom stereocenters. The van der Waals surface area contributed by atoms with E-state index < -0.39 is 11.2 Å². The average molecular weight is 324 g/mol. The minimum Gasteiger partial charge on any atom is -0.389 e. The lowest BCUT2D eigenvalue weighted by molar-refractivity contribution is -0.140. The highest BCUT2D eigenvalue weighted by Crippen LogP contribution is 2.31. The van der Waals surface area contributed by atoms with Gasteiger partial charge in [-0.2, -0.15) is 0 Å². The molecule has 0 atom stereocenters. The minimum atomic E-state index is -1.12. The van der Waals surface area contributed by atoms with E-state index in [-0.39, 0.29) is 11.9 Å². The first-order valence-electron chi connectivity index (χ1n) is 9.47. The monoisotopic (exact) mass is 324 g/mol. The predicted molar refractivity (Wildman–Crippen MR) is 89.1 cm³/mol. The van der Waals surface area contributed by atoms with E-state index >= 15 is 0 Å². The van der Waals surface area contributed by atoms with Gasteiger partial charge in [-0.1, -0.05) is 19.3 Å². The Labute approximate surface area is 139 Å². The quantitative estimate of drug-likeness (QED) is 0.734. The summed E-state index contributed by atoms with van der Waals surface area (Å²) in [7, 11) is 0. The van der Waals surface area contributed by atoms with Gasteiger partial charge in [0, 0.05) is 25.7 Å². The fourth-order valence-electron chi connectivity index (χ4n) is 4.53. The second kappa shape index (κ2) is 7.08. The Morgan fingerprint density at radius 3 is 2.13 bits per heavy atom. The molecule has 0 aromatic carbocycles. The molecule has 1 heterocycles. The maximum atomic E-state index is 12.3. The third-order valence-electron chi connectivity index (χ3n) is 6.08. The van der Waals surface area contributed by atoms with Crippen molar-refractivity contribution in [1.82, 2.24) is 10.2 Å². The van der Waals surface area contributed by atoms with Crippen molar-refractivity contribution in [3.63, 3.8) is 0 Å². The van der Waals surface area contributed by atoms with Gasteiger partial charge in [0.1, 0.15) is 5.60 Å². The SMILES string of the molecule is O=C(NC1CCN(CC2(O)CCCCC2)CC1)C1(O)CCCC1. The standard InChI is InChI=1S/C18H32N2O3/c21-16(18(23)10-4-5-11-18)19-15-6-12-20(13-7-15)14-17(22)8-2-1-3-9-17/h15,22-23H,1-14H2,(H,19,21). The molecule has 0 spiro atoms.